The van der Waals surface area contributed by atoms with Crippen molar-refractivity contribution in [3.05, 3.63) is 59.9 Å². The molecule has 1 amide bonds. The van der Waals surface area contributed by atoms with Gasteiger partial charge in [-0.2, -0.15) is 0 Å². The molecule has 25 heavy (non-hydrogen) atoms. The number of carbonyl (C=O) groups is 1. The molecule has 2 aromatic carbocycles. The Bertz CT molecular complexity index is 884. The summed E-state index contributed by atoms with van der Waals surface area (Å²) in [5, 5.41) is 13.9. The van der Waals surface area contributed by atoms with Crippen molar-refractivity contribution in [3.63, 3.8) is 0 Å². The predicted molar refractivity (Wildman–Crippen MR) is 90.7 cm³/mol. The van der Waals surface area contributed by atoms with Crippen molar-refractivity contribution in [1.29, 1.82) is 0 Å². The average Bonchev–Trinajstić information content (AvgIpc) is 3.27. The van der Waals surface area contributed by atoms with Gasteiger partial charge in [0, 0.05) is 11.9 Å². The third-order valence-corrected chi connectivity index (χ3v) is 4.13. The summed E-state index contributed by atoms with van der Waals surface area (Å²) in [5.74, 6) is 1.27. The van der Waals surface area contributed by atoms with E-state index in [2.05, 4.69) is 5.32 Å². The molecule has 1 aliphatic rings. The first kappa shape index (κ1) is 15.5. The van der Waals surface area contributed by atoms with Gasteiger partial charge in [0.1, 0.15) is 5.58 Å². The van der Waals surface area contributed by atoms with Gasteiger partial charge in [0.05, 0.1) is 6.10 Å². The van der Waals surface area contributed by atoms with Crippen LogP contribution < -0.4 is 14.8 Å². The number of para-hydroxylation sites is 1. The number of hydrogen-bond donors (Lipinski definition) is 2. The Morgan fingerprint density at radius 1 is 1.12 bits per heavy atom. The highest BCUT2D eigenvalue weighted by molar-refractivity contribution is 5.96. The van der Waals surface area contributed by atoms with Gasteiger partial charge in [-0.1, -0.05) is 24.3 Å². The van der Waals surface area contributed by atoms with Gasteiger partial charge in [0.15, 0.2) is 17.3 Å². The van der Waals surface area contributed by atoms with Gasteiger partial charge in [-0.25, -0.2) is 0 Å². The van der Waals surface area contributed by atoms with Gasteiger partial charge in [0.25, 0.3) is 5.91 Å². The van der Waals surface area contributed by atoms with Gasteiger partial charge >= 0.3 is 0 Å². The number of hydrogen-bond acceptors (Lipinski definition) is 5. The second-order valence-electron chi connectivity index (χ2n) is 5.82. The van der Waals surface area contributed by atoms with E-state index in [0.29, 0.717) is 30.0 Å². The fraction of sp³-hybridized carbons (Fsp3) is 0.211. The molecule has 128 valence electrons. The molecule has 6 nitrogen and oxygen atoms in total. The monoisotopic (exact) mass is 339 g/mol. The largest absolute Gasteiger partial charge is 0.454 e. The molecule has 3 aromatic rings. The fourth-order valence-electron chi connectivity index (χ4n) is 2.79. The summed E-state index contributed by atoms with van der Waals surface area (Å²) >= 11 is 0. The van der Waals surface area contributed by atoms with Gasteiger partial charge in [-0.3, -0.25) is 4.79 Å². The number of aliphatic hydroxyl groups excluding tert-OH is 1. The van der Waals surface area contributed by atoms with Crippen LogP contribution in [0.4, 0.5) is 0 Å². The Kier molecular flexibility index (Phi) is 4.03. The summed E-state index contributed by atoms with van der Waals surface area (Å²) in [6.45, 7) is 0.522. The highest BCUT2D eigenvalue weighted by Gasteiger charge is 2.17. The van der Waals surface area contributed by atoms with E-state index < -0.39 is 6.10 Å². The van der Waals surface area contributed by atoms with Crippen LogP contribution in [0.25, 0.3) is 11.0 Å². The predicted octanol–water partition coefficient (Wildman–Crippen LogP) is 3.02. The summed E-state index contributed by atoms with van der Waals surface area (Å²) in [6, 6.07) is 14.5. The van der Waals surface area contributed by atoms with Crippen LogP contribution in [0.5, 0.6) is 11.5 Å². The maximum atomic E-state index is 12.2. The molecule has 0 saturated heterocycles. The molecule has 6 heteroatoms. The number of aliphatic hydroxyl groups is 1. The minimum absolute atomic E-state index is 0.197. The van der Waals surface area contributed by atoms with E-state index in [4.69, 9.17) is 13.9 Å². The molecule has 1 aliphatic heterocycles. The van der Waals surface area contributed by atoms with Crippen LogP contribution in [0.2, 0.25) is 0 Å². The number of rotatable bonds is 5. The van der Waals surface area contributed by atoms with E-state index in [-0.39, 0.29) is 18.5 Å². The van der Waals surface area contributed by atoms with E-state index in [1.807, 2.05) is 24.3 Å². The lowest BCUT2D eigenvalue weighted by Crippen LogP contribution is -2.25. The van der Waals surface area contributed by atoms with E-state index in [1.54, 1.807) is 24.3 Å². The topological polar surface area (TPSA) is 80.9 Å². The summed E-state index contributed by atoms with van der Waals surface area (Å²) in [6.07, 6.45) is -0.323. The smallest absolute Gasteiger partial charge is 0.287 e. The first-order chi connectivity index (χ1) is 12.2. The van der Waals surface area contributed by atoms with E-state index in [9.17, 15) is 9.90 Å². The Hall–Kier alpha value is -2.99. The standard InChI is InChI=1S/C19H17NO5/c21-14(12-5-6-16-17(9-12)24-11-23-16)7-8-20-19(22)18-10-13-3-1-2-4-15(13)25-18/h1-6,9-10,14,21H,7-8,11H2,(H,20,22). The Labute approximate surface area is 144 Å². The molecule has 0 spiro atoms. The molecule has 1 aromatic heterocycles. The maximum absolute atomic E-state index is 12.2. The highest BCUT2D eigenvalue weighted by Crippen LogP contribution is 2.34. The van der Waals surface area contributed by atoms with Crippen molar-refractivity contribution in [3.8, 4) is 11.5 Å². The zero-order valence-corrected chi connectivity index (χ0v) is 13.4. The number of amides is 1. The summed E-state index contributed by atoms with van der Waals surface area (Å²) < 4.78 is 16.1. The van der Waals surface area contributed by atoms with Crippen molar-refractivity contribution >= 4 is 16.9 Å². The van der Waals surface area contributed by atoms with Crippen LogP contribution in [0.1, 0.15) is 28.6 Å². The minimum Gasteiger partial charge on any atom is -0.454 e. The van der Waals surface area contributed by atoms with Gasteiger partial charge in [-0.15, -0.1) is 0 Å². The zero-order chi connectivity index (χ0) is 17.2. The van der Waals surface area contributed by atoms with Crippen LogP contribution in [0.15, 0.2) is 52.9 Å². The second kappa shape index (κ2) is 6.49. The number of furan rings is 1. The van der Waals surface area contributed by atoms with Crippen LogP contribution in [0, 0.1) is 0 Å². The fourth-order valence-corrected chi connectivity index (χ4v) is 2.79. The maximum Gasteiger partial charge on any atom is 0.287 e. The number of carbonyl (C=O) groups excluding carboxylic acids is 1. The van der Waals surface area contributed by atoms with Gasteiger partial charge in [0.2, 0.25) is 6.79 Å². The molecule has 0 fully saturated rings. The normalized spacial score (nSPS) is 13.8. The molecular formula is C19H17NO5. The third kappa shape index (κ3) is 3.16. The molecule has 2 N–H and O–H groups in total. The van der Waals surface area contributed by atoms with E-state index in [1.165, 1.54) is 0 Å². The first-order valence-corrected chi connectivity index (χ1v) is 8.05. The average molecular weight is 339 g/mol. The molecule has 0 radical (unpaired) electrons. The zero-order valence-electron chi connectivity index (χ0n) is 13.4. The van der Waals surface area contributed by atoms with Crippen LogP contribution in [0.3, 0.4) is 0 Å². The highest BCUT2D eigenvalue weighted by atomic mass is 16.7. The van der Waals surface area contributed by atoms with Crippen LogP contribution in [-0.2, 0) is 0 Å². The molecular weight excluding hydrogens is 322 g/mol. The number of ether oxygens (including phenoxy) is 2. The number of nitrogens with one attached hydrogen (secondary N) is 1. The van der Waals surface area contributed by atoms with Crippen molar-refractivity contribution in [2.24, 2.45) is 0 Å². The van der Waals surface area contributed by atoms with E-state index in [0.717, 1.165) is 10.9 Å². The lowest BCUT2D eigenvalue weighted by atomic mass is 10.1. The molecule has 0 bridgehead atoms. The third-order valence-electron chi connectivity index (χ3n) is 4.13. The van der Waals surface area contributed by atoms with E-state index >= 15 is 0 Å². The Morgan fingerprint density at radius 2 is 1.96 bits per heavy atom. The molecule has 1 atom stereocenters. The lowest BCUT2D eigenvalue weighted by molar-refractivity contribution is 0.0917. The van der Waals surface area contributed by atoms with Crippen molar-refractivity contribution in [2.45, 2.75) is 12.5 Å². The van der Waals surface area contributed by atoms with Crippen molar-refractivity contribution < 1.29 is 23.8 Å². The lowest BCUT2D eigenvalue weighted by Gasteiger charge is -2.12. The van der Waals surface area contributed by atoms with Gasteiger partial charge < -0.3 is 24.3 Å². The quantitative estimate of drug-likeness (QED) is 0.747. The summed E-state index contributed by atoms with van der Waals surface area (Å²) in [4.78, 5) is 12.2. The molecule has 0 aliphatic carbocycles. The first-order valence-electron chi connectivity index (χ1n) is 8.05. The minimum atomic E-state index is -0.703. The number of fused-ring (bicyclic) bond motifs is 2. The second-order valence-corrected chi connectivity index (χ2v) is 5.82. The van der Waals surface area contributed by atoms with Crippen LogP contribution in [-0.4, -0.2) is 24.4 Å². The van der Waals surface area contributed by atoms with Crippen molar-refractivity contribution in [1.82, 2.24) is 5.32 Å². The SMILES string of the molecule is O=C(NCCC(O)c1ccc2c(c1)OCO2)c1cc2ccccc2o1. The van der Waals surface area contributed by atoms with Gasteiger partial charge in [-0.05, 0) is 36.2 Å². The van der Waals surface area contributed by atoms with Crippen molar-refractivity contribution in [2.75, 3.05) is 13.3 Å². The van der Waals surface area contributed by atoms with Crippen LogP contribution >= 0.6 is 0 Å². The Balaban J connectivity index is 1.34. The summed E-state index contributed by atoms with van der Waals surface area (Å²) in [5.41, 5.74) is 1.40. The summed E-state index contributed by atoms with van der Waals surface area (Å²) in [7, 11) is 0. The molecule has 1 unspecified atom stereocenters. The molecule has 0 saturated carbocycles. The number of benzene rings is 2. The Morgan fingerprint density at radius 3 is 2.84 bits per heavy atom. The molecule has 4 rings (SSSR count). The molecule has 2 heterocycles.